The zero-order valence-electron chi connectivity index (χ0n) is 13.7. The predicted octanol–water partition coefficient (Wildman–Crippen LogP) is 5.74. The normalized spacial score (nSPS) is 35.5. The molecule has 0 amide bonds. The van der Waals surface area contributed by atoms with Gasteiger partial charge in [0.15, 0.2) is 0 Å². The molecule has 0 heterocycles. The van der Waals surface area contributed by atoms with E-state index in [0.717, 1.165) is 24.4 Å². The van der Waals surface area contributed by atoms with Crippen molar-refractivity contribution >= 4 is 0 Å². The summed E-state index contributed by atoms with van der Waals surface area (Å²) in [5, 5.41) is 0. The molecule has 2 rings (SSSR count). The van der Waals surface area contributed by atoms with Gasteiger partial charge in [-0.25, -0.2) is 0 Å². The summed E-state index contributed by atoms with van der Waals surface area (Å²) >= 11 is 0. The number of hydrogen-bond acceptors (Lipinski definition) is 1. The molecule has 0 bridgehead atoms. The van der Waals surface area contributed by atoms with E-state index in [2.05, 4.69) is 26.0 Å². The maximum Gasteiger partial charge on any atom is 0.0651 e. The number of allylic oxidation sites excluding steroid dienone is 1. The average Bonchev–Trinajstić information content (AvgIpc) is 2.47. The molecule has 2 fully saturated rings. The van der Waals surface area contributed by atoms with Crippen LogP contribution in [0.4, 0.5) is 0 Å². The highest BCUT2D eigenvalue weighted by Crippen LogP contribution is 2.30. The van der Waals surface area contributed by atoms with E-state index in [1.165, 1.54) is 64.2 Å². The van der Waals surface area contributed by atoms with Crippen molar-refractivity contribution in [3.05, 3.63) is 12.2 Å². The Balaban J connectivity index is 1.55. The zero-order chi connectivity index (χ0) is 14.2. The Morgan fingerprint density at radius 3 is 2.30 bits per heavy atom. The molecule has 0 spiro atoms. The van der Waals surface area contributed by atoms with Gasteiger partial charge in [-0.3, -0.25) is 0 Å². The van der Waals surface area contributed by atoms with E-state index in [4.69, 9.17) is 4.74 Å². The van der Waals surface area contributed by atoms with Crippen LogP contribution < -0.4 is 0 Å². The molecule has 0 aromatic heterocycles. The Labute approximate surface area is 126 Å². The Kier molecular flexibility index (Phi) is 7.13. The van der Waals surface area contributed by atoms with E-state index in [0.29, 0.717) is 6.10 Å². The molecular weight excluding hydrogens is 244 g/mol. The first-order valence-corrected chi connectivity index (χ1v) is 9.06. The predicted molar refractivity (Wildman–Crippen MR) is 86.9 cm³/mol. The summed E-state index contributed by atoms with van der Waals surface area (Å²) in [6, 6.07) is 0. The minimum Gasteiger partial charge on any atom is -0.374 e. The molecule has 0 aromatic rings. The molecule has 0 N–H and O–H groups in total. The fourth-order valence-electron chi connectivity index (χ4n) is 3.91. The topological polar surface area (TPSA) is 9.23 Å². The first kappa shape index (κ1) is 16.1. The molecule has 2 aliphatic carbocycles. The van der Waals surface area contributed by atoms with Crippen LogP contribution in [0.15, 0.2) is 12.2 Å². The Hall–Kier alpha value is -0.300. The molecule has 0 aliphatic heterocycles. The SMILES string of the molecule is CCCC1CCC(OC/C=C/C2CCC(C)CC2)CC1. The van der Waals surface area contributed by atoms with Gasteiger partial charge in [-0.1, -0.05) is 51.7 Å². The van der Waals surface area contributed by atoms with E-state index in [1.54, 1.807) is 0 Å². The molecule has 0 radical (unpaired) electrons. The van der Waals surface area contributed by atoms with E-state index >= 15 is 0 Å². The van der Waals surface area contributed by atoms with Crippen LogP contribution in [0, 0.1) is 17.8 Å². The van der Waals surface area contributed by atoms with Crippen molar-refractivity contribution in [2.75, 3.05) is 6.61 Å². The highest BCUT2D eigenvalue weighted by atomic mass is 16.5. The second-order valence-electron chi connectivity index (χ2n) is 7.21. The van der Waals surface area contributed by atoms with Crippen molar-refractivity contribution in [3.63, 3.8) is 0 Å². The highest BCUT2D eigenvalue weighted by molar-refractivity contribution is 4.91. The van der Waals surface area contributed by atoms with Crippen molar-refractivity contribution in [3.8, 4) is 0 Å². The fraction of sp³-hybridized carbons (Fsp3) is 0.895. The van der Waals surface area contributed by atoms with Crippen LogP contribution in [0.3, 0.4) is 0 Å². The quantitative estimate of drug-likeness (QED) is 0.562. The number of rotatable bonds is 6. The second kappa shape index (κ2) is 8.87. The molecule has 1 heteroatoms. The first-order valence-electron chi connectivity index (χ1n) is 9.06. The average molecular weight is 278 g/mol. The van der Waals surface area contributed by atoms with Crippen LogP contribution in [-0.4, -0.2) is 12.7 Å². The fourth-order valence-corrected chi connectivity index (χ4v) is 3.91. The van der Waals surface area contributed by atoms with Crippen molar-refractivity contribution in [1.29, 1.82) is 0 Å². The van der Waals surface area contributed by atoms with Gasteiger partial charge in [-0.15, -0.1) is 0 Å². The summed E-state index contributed by atoms with van der Waals surface area (Å²) in [4.78, 5) is 0. The van der Waals surface area contributed by atoms with Gasteiger partial charge in [0.2, 0.25) is 0 Å². The van der Waals surface area contributed by atoms with Gasteiger partial charge in [0.25, 0.3) is 0 Å². The summed E-state index contributed by atoms with van der Waals surface area (Å²) in [5.74, 6) is 2.77. The lowest BCUT2D eigenvalue weighted by Gasteiger charge is -2.28. The maximum atomic E-state index is 6.03. The second-order valence-corrected chi connectivity index (χ2v) is 7.21. The molecule has 0 aromatic carbocycles. The third-order valence-electron chi connectivity index (χ3n) is 5.39. The van der Waals surface area contributed by atoms with Crippen LogP contribution in [0.5, 0.6) is 0 Å². The number of ether oxygens (including phenoxy) is 1. The molecule has 116 valence electrons. The van der Waals surface area contributed by atoms with Crippen LogP contribution in [0.2, 0.25) is 0 Å². The first-order chi connectivity index (χ1) is 9.78. The largest absolute Gasteiger partial charge is 0.374 e. The standard InChI is InChI=1S/C19H34O/c1-3-5-17-11-13-19(14-12-17)20-15-4-6-18-9-7-16(2)8-10-18/h4,6,16-19H,3,5,7-15H2,1-2H3/b6-4+. The maximum absolute atomic E-state index is 6.03. The van der Waals surface area contributed by atoms with Crippen molar-refractivity contribution in [2.45, 2.75) is 84.2 Å². The monoisotopic (exact) mass is 278 g/mol. The lowest BCUT2D eigenvalue weighted by molar-refractivity contribution is 0.0334. The van der Waals surface area contributed by atoms with Gasteiger partial charge >= 0.3 is 0 Å². The molecule has 0 atom stereocenters. The lowest BCUT2D eigenvalue weighted by atomic mass is 9.83. The molecule has 0 unspecified atom stereocenters. The third-order valence-corrected chi connectivity index (χ3v) is 5.39. The Morgan fingerprint density at radius 1 is 0.950 bits per heavy atom. The van der Waals surface area contributed by atoms with Gasteiger partial charge < -0.3 is 4.74 Å². The molecule has 20 heavy (non-hydrogen) atoms. The minimum absolute atomic E-state index is 0.541. The van der Waals surface area contributed by atoms with Gasteiger partial charge in [-0.05, 0) is 56.3 Å². The summed E-state index contributed by atoms with van der Waals surface area (Å²) in [6.45, 7) is 5.53. The molecule has 0 saturated heterocycles. The Morgan fingerprint density at radius 2 is 1.65 bits per heavy atom. The van der Waals surface area contributed by atoms with Gasteiger partial charge in [0, 0.05) is 0 Å². The smallest absolute Gasteiger partial charge is 0.0651 e. The van der Waals surface area contributed by atoms with Crippen molar-refractivity contribution in [2.24, 2.45) is 17.8 Å². The number of hydrogen-bond donors (Lipinski definition) is 0. The van der Waals surface area contributed by atoms with Crippen LogP contribution in [0.25, 0.3) is 0 Å². The summed E-state index contributed by atoms with van der Waals surface area (Å²) in [7, 11) is 0. The summed E-state index contributed by atoms with van der Waals surface area (Å²) in [5.41, 5.74) is 0. The Bertz CT molecular complexity index is 267. The highest BCUT2D eigenvalue weighted by Gasteiger charge is 2.20. The van der Waals surface area contributed by atoms with Gasteiger partial charge in [0.1, 0.15) is 0 Å². The molecule has 2 aliphatic rings. The molecular formula is C19H34O. The molecule has 1 nitrogen and oxygen atoms in total. The zero-order valence-corrected chi connectivity index (χ0v) is 13.7. The summed E-state index contributed by atoms with van der Waals surface area (Å²) in [6.07, 6.45) is 19.0. The minimum atomic E-state index is 0.541. The third kappa shape index (κ3) is 5.60. The van der Waals surface area contributed by atoms with Gasteiger partial charge in [-0.2, -0.15) is 0 Å². The van der Waals surface area contributed by atoms with Crippen LogP contribution >= 0.6 is 0 Å². The summed E-state index contributed by atoms with van der Waals surface area (Å²) < 4.78 is 6.03. The van der Waals surface area contributed by atoms with Gasteiger partial charge in [0.05, 0.1) is 12.7 Å². The van der Waals surface area contributed by atoms with E-state index in [9.17, 15) is 0 Å². The van der Waals surface area contributed by atoms with Crippen LogP contribution in [-0.2, 0) is 4.74 Å². The lowest BCUT2D eigenvalue weighted by Crippen LogP contribution is -2.21. The van der Waals surface area contributed by atoms with E-state index in [1.807, 2.05) is 0 Å². The molecule has 2 saturated carbocycles. The van der Waals surface area contributed by atoms with E-state index < -0.39 is 0 Å². The van der Waals surface area contributed by atoms with Crippen molar-refractivity contribution in [1.82, 2.24) is 0 Å². The van der Waals surface area contributed by atoms with Crippen LogP contribution in [0.1, 0.15) is 78.1 Å². The van der Waals surface area contributed by atoms with E-state index in [-0.39, 0.29) is 0 Å². The van der Waals surface area contributed by atoms with Crippen molar-refractivity contribution < 1.29 is 4.74 Å².